The number of rotatable bonds is 3. The van der Waals surface area contributed by atoms with E-state index in [9.17, 15) is 19.2 Å². The van der Waals surface area contributed by atoms with Crippen LogP contribution < -0.4 is 0 Å². The molecule has 0 spiro atoms. The summed E-state index contributed by atoms with van der Waals surface area (Å²) < 4.78 is 20.7. The van der Waals surface area contributed by atoms with Gasteiger partial charge in [0, 0.05) is 20.3 Å². The molecule has 2 heterocycles. The second kappa shape index (κ2) is 7.01. The van der Waals surface area contributed by atoms with Gasteiger partial charge in [-0.15, -0.1) is 0 Å². The molecule has 8 nitrogen and oxygen atoms in total. The lowest BCUT2D eigenvalue weighted by Crippen LogP contribution is -2.24. The minimum Gasteiger partial charge on any atom is -0.436 e. The summed E-state index contributed by atoms with van der Waals surface area (Å²) in [7, 11) is 0. The molecule has 1 aromatic rings. The Bertz CT molecular complexity index is 864. The third-order valence-corrected chi connectivity index (χ3v) is 4.65. The Balaban J connectivity index is 2.07. The van der Waals surface area contributed by atoms with E-state index in [1.165, 1.54) is 13.8 Å². The third kappa shape index (κ3) is 3.77. The Labute approximate surface area is 162 Å². The second-order valence-corrected chi connectivity index (χ2v) is 7.91. The van der Waals surface area contributed by atoms with Crippen LogP contribution in [-0.2, 0) is 34.0 Å². The first-order chi connectivity index (χ1) is 13.0. The Morgan fingerprint density at radius 1 is 1.04 bits per heavy atom. The number of benzene rings is 1. The minimum atomic E-state index is -0.985. The molecule has 150 valence electrons. The number of hydrogen-bond donors (Lipinski definition) is 0. The van der Waals surface area contributed by atoms with E-state index in [4.69, 9.17) is 18.9 Å². The molecule has 3 unspecified atom stereocenters. The molecule has 0 bridgehead atoms. The highest BCUT2D eigenvalue weighted by atomic mass is 16.8. The molecule has 28 heavy (non-hydrogen) atoms. The zero-order valence-corrected chi connectivity index (χ0v) is 16.4. The molecule has 2 aliphatic rings. The van der Waals surface area contributed by atoms with Crippen LogP contribution in [0.4, 0.5) is 0 Å². The average molecular weight is 390 g/mol. The number of ether oxygens (including phenoxy) is 4. The van der Waals surface area contributed by atoms with E-state index in [0.717, 1.165) is 0 Å². The lowest BCUT2D eigenvalue weighted by molar-refractivity contribution is -0.209. The monoisotopic (exact) mass is 390 g/mol. The van der Waals surface area contributed by atoms with Crippen molar-refractivity contribution in [3.63, 3.8) is 0 Å². The van der Waals surface area contributed by atoms with Crippen molar-refractivity contribution < 1.29 is 38.1 Å². The molecular weight excluding hydrogens is 368 g/mol. The van der Waals surface area contributed by atoms with Gasteiger partial charge >= 0.3 is 23.9 Å². The van der Waals surface area contributed by atoms with Gasteiger partial charge < -0.3 is 18.9 Å². The van der Waals surface area contributed by atoms with Crippen molar-refractivity contribution in [2.24, 2.45) is 0 Å². The summed E-state index contributed by atoms with van der Waals surface area (Å²) in [6, 6.07) is 3.35. The molecular formula is C20H22O8. The van der Waals surface area contributed by atoms with E-state index in [-0.39, 0.29) is 17.5 Å². The fourth-order valence-electron chi connectivity index (χ4n) is 3.49. The summed E-state index contributed by atoms with van der Waals surface area (Å²) in [6.07, 6.45) is -1.63. The zero-order valence-electron chi connectivity index (χ0n) is 16.4. The molecule has 3 rings (SSSR count). The Hall–Kier alpha value is -2.74. The van der Waals surface area contributed by atoms with Crippen molar-refractivity contribution in [3.05, 3.63) is 34.4 Å². The molecule has 3 atom stereocenters. The highest BCUT2D eigenvalue weighted by Crippen LogP contribution is 2.41. The number of hydrogen-bond acceptors (Lipinski definition) is 8. The molecule has 1 fully saturated rings. The molecule has 0 saturated carbocycles. The fourth-order valence-corrected chi connectivity index (χ4v) is 3.49. The van der Waals surface area contributed by atoms with E-state index in [0.29, 0.717) is 11.1 Å². The fraction of sp³-hybridized carbons (Fsp3) is 0.500. The second-order valence-electron chi connectivity index (χ2n) is 7.91. The maximum atomic E-state index is 12.2. The van der Waals surface area contributed by atoms with Gasteiger partial charge in [0.1, 0.15) is 0 Å². The minimum absolute atomic E-state index is 0.171. The van der Waals surface area contributed by atoms with E-state index in [1.54, 1.807) is 12.1 Å². The summed E-state index contributed by atoms with van der Waals surface area (Å²) in [4.78, 5) is 47.1. The highest BCUT2D eigenvalue weighted by molar-refractivity contribution is 6.15. The molecule has 0 aliphatic carbocycles. The largest absolute Gasteiger partial charge is 0.436 e. The summed E-state index contributed by atoms with van der Waals surface area (Å²) in [5, 5.41) is 0. The zero-order chi connectivity index (χ0) is 20.8. The van der Waals surface area contributed by atoms with Crippen LogP contribution in [-0.4, -0.2) is 36.5 Å². The number of esters is 4. The van der Waals surface area contributed by atoms with E-state index >= 15 is 0 Å². The molecule has 1 saturated heterocycles. The van der Waals surface area contributed by atoms with Gasteiger partial charge in [0.15, 0.2) is 0 Å². The average Bonchev–Trinajstić information content (AvgIpc) is 3.05. The summed E-state index contributed by atoms with van der Waals surface area (Å²) in [5.41, 5.74) is 1.25. The molecule has 0 N–H and O–H groups in total. The van der Waals surface area contributed by atoms with Crippen LogP contribution in [0.2, 0.25) is 0 Å². The number of carbonyl (C=O) groups excluding carboxylic acids is 4. The SMILES string of the molecule is CC(=O)OC1CC(c2cc3c(c(C(C)(C)C)c2)C(=O)OC3=O)C(OC(C)=O)O1. The predicted molar refractivity (Wildman–Crippen MR) is 94.4 cm³/mol. The molecule has 0 radical (unpaired) electrons. The maximum absolute atomic E-state index is 12.2. The van der Waals surface area contributed by atoms with Crippen LogP contribution in [0, 0.1) is 0 Å². The first kappa shape index (κ1) is 20.0. The van der Waals surface area contributed by atoms with Crippen molar-refractivity contribution in [3.8, 4) is 0 Å². The van der Waals surface area contributed by atoms with Gasteiger partial charge in [0.2, 0.25) is 12.6 Å². The Kier molecular flexibility index (Phi) is 5.01. The van der Waals surface area contributed by atoms with Crippen LogP contribution >= 0.6 is 0 Å². The third-order valence-electron chi connectivity index (χ3n) is 4.65. The van der Waals surface area contributed by atoms with Gasteiger partial charge in [-0.3, -0.25) is 9.59 Å². The quantitative estimate of drug-likeness (QED) is 0.440. The van der Waals surface area contributed by atoms with Crippen molar-refractivity contribution >= 4 is 23.9 Å². The summed E-state index contributed by atoms with van der Waals surface area (Å²) >= 11 is 0. The van der Waals surface area contributed by atoms with Gasteiger partial charge in [-0.05, 0) is 22.6 Å². The van der Waals surface area contributed by atoms with Crippen LogP contribution in [0.15, 0.2) is 12.1 Å². The van der Waals surface area contributed by atoms with Crippen molar-refractivity contribution in [1.82, 2.24) is 0 Å². The lowest BCUT2D eigenvalue weighted by Gasteiger charge is -2.24. The molecule has 0 amide bonds. The number of carbonyl (C=O) groups is 4. The predicted octanol–water partition coefficient (Wildman–Crippen LogP) is 2.58. The first-order valence-corrected chi connectivity index (χ1v) is 8.92. The van der Waals surface area contributed by atoms with Crippen molar-refractivity contribution in [2.75, 3.05) is 0 Å². The molecule has 8 heteroatoms. The topological polar surface area (TPSA) is 105 Å². The first-order valence-electron chi connectivity index (χ1n) is 8.92. The van der Waals surface area contributed by atoms with Gasteiger partial charge in [-0.1, -0.05) is 26.8 Å². The maximum Gasteiger partial charge on any atom is 0.347 e. The van der Waals surface area contributed by atoms with Crippen LogP contribution in [0.3, 0.4) is 0 Å². The van der Waals surface area contributed by atoms with Crippen molar-refractivity contribution in [1.29, 1.82) is 0 Å². The summed E-state index contributed by atoms with van der Waals surface area (Å²) in [6.45, 7) is 8.25. The number of cyclic esters (lactones) is 2. The normalized spacial score (nSPS) is 24.0. The van der Waals surface area contributed by atoms with E-state index in [1.807, 2.05) is 20.8 Å². The molecule has 0 aromatic heterocycles. The smallest absolute Gasteiger partial charge is 0.347 e. The number of fused-ring (bicyclic) bond motifs is 1. The standard InChI is InChI=1S/C20H22O8/c1-9(21)25-15-8-12(19(27-15)26-10(2)22)11-6-13-16(18(24)28-17(13)23)14(7-11)20(3,4)5/h6-7,12,15,19H,8H2,1-5H3. The van der Waals surface area contributed by atoms with Gasteiger partial charge in [-0.2, -0.15) is 0 Å². The van der Waals surface area contributed by atoms with Gasteiger partial charge in [0.25, 0.3) is 0 Å². The molecule has 1 aromatic carbocycles. The Morgan fingerprint density at radius 2 is 1.68 bits per heavy atom. The van der Waals surface area contributed by atoms with Crippen LogP contribution in [0.5, 0.6) is 0 Å². The lowest BCUT2D eigenvalue weighted by atomic mass is 9.79. The van der Waals surface area contributed by atoms with E-state index < -0.39 is 47.8 Å². The molecule has 2 aliphatic heterocycles. The highest BCUT2D eigenvalue weighted by Gasteiger charge is 2.43. The van der Waals surface area contributed by atoms with Crippen molar-refractivity contribution in [2.45, 2.75) is 65.0 Å². The van der Waals surface area contributed by atoms with Crippen LogP contribution in [0.1, 0.15) is 78.8 Å². The van der Waals surface area contributed by atoms with Gasteiger partial charge in [0.05, 0.1) is 17.0 Å². The van der Waals surface area contributed by atoms with E-state index in [2.05, 4.69) is 0 Å². The Morgan fingerprint density at radius 3 is 2.25 bits per heavy atom. The summed E-state index contributed by atoms with van der Waals surface area (Å²) in [5.74, 6) is -2.94. The van der Waals surface area contributed by atoms with Crippen LogP contribution in [0.25, 0.3) is 0 Å². The van der Waals surface area contributed by atoms with Gasteiger partial charge in [-0.25, -0.2) is 9.59 Å².